The van der Waals surface area contributed by atoms with Gasteiger partial charge in [-0.3, -0.25) is 10.1 Å². The molecule has 0 saturated heterocycles. The summed E-state index contributed by atoms with van der Waals surface area (Å²) in [5, 5.41) is 13.2. The molecule has 0 saturated carbocycles. The predicted molar refractivity (Wildman–Crippen MR) is 148 cm³/mol. The molecule has 0 spiro atoms. The van der Waals surface area contributed by atoms with Crippen LogP contribution >= 0.6 is 0 Å². The van der Waals surface area contributed by atoms with E-state index in [-0.39, 0.29) is 11.9 Å². The van der Waals surface area contributed by atoms with Gasteiger partial charge in [0.1, 0.15) is 11.5 Å². The molecule has 1 aliphatic heterocycles. The van der Waals surface area contributed by atoms with Crippen LogP contribution in [0.25, 0.3) is 49.9 Å². The number of aromatic nitrogens is 4. The first-order valence-corrected chi connectivity index (χ1v) is 12.5. The van der Waals surface area contributed by atoms with Gasteiger partial charge in [0.25, 0.3) is 0 Å². The zero-order valence-electron chi connectivity index (χ0n) is 21.0. The first-order valence-electron chi connectivity index (χ1n) is 12.5. The average Bonchev–Trinajstić information content (AvgIpc) is 3.52. The number of H-pyrrole nitrogens is 2. The van der Waals surface area contributed by atoms with Crippen LogP contribution in [0.15, 0.2) is 60.9 Å². The number of fused-ring (bicyclic) bond motifs is 2. The first kappa shape index (κ1) is 23.5. The summed E-state index contributed by atoms with van der Waals surface area (Å²) in [6, 6.07) is 13.2. The third-order valence-electron chi connectivity index (χ3n) is 7.02. The number of pyridine rings is 1. The average molecular weight is 496 g/mol. The maximum absolute atomic E-state index is 14.7. The Kier molecular flexibility index (Phi) is 6.08. The van der Waals surface area contributed by atoms with Gasteiger partial charge in [0.15, 0.2) is 0 Å². The number of nitrogens with two attached hydrogens (primary N) is 1. The van der Waals surface area contributed by atoms with Crippen LogP contribution in [0.1, 0.15) is 23.6 Å². The normalized spacial score (nSPS) is 15.0. The number of likely N-dealkylation sites (N-methyl/N-ethyl adjacent to an activating group) is 1. The van der Waals surface area contributed by atoms with Gasteiger partial charge < -0.3 is 20.9 Å². The van der Waals surface area contributed by atoms with Crippen LogP contribution in [0.2, 0.25) is 0 Å². The van der Waals surface area contributed by atoms with E-state index in [0.29, 0.717) is 6.54 Å². The van der Waals surface area contributed by atoms with Gasteiger partial charge in [-0.25, -0.2) is 4.39 Å². The van der Waals surface area contributed by atoms with Crippen LogP contribution in [0, 0.1) is 5.82 Å². The number of aromatic amines is 2. The number of rotatable bonds is 6. The maximum atomic E-state index is 14.7. The van der Waals surface area contributed by atoms with Gasteiger partial charge in [-0.05, 0) is 85.7 Å². The molecule has 7 nitrogen and oxygen atoms in total. The molecule has 1 unspecified atom stereocenters. The lowest BCUT2D eigenvalue weighted by Gasteiger charge is -2.18. The lowest BCUT2D eigenvalue weighted by Crippen LogP contribution is -2.26. The molecule has 3 aromatic heterocycles. The van der Waals surface area contributed by atoms with Gasteiger partial charge in [-0.1, -0.05) is 12.1 Å². The number of benzene rings is 2. The van der Waals surface area contributed by atoms with E-state index in [9.17, 15) is 4.39 Å². The van der Waals surface area contributed by atoms with E-state index in [1.807, 2.05) is 25.1 Å². The smallest absolute Gasteiger partial charge is 0.124 e. The van der Waals surface area contributed by atoms with Gasteiger partial charge in [-0.2, -0.15) is 5.10 Å². The van der Waals surface area contributed by atoms with Crippen molar-refractivity contribution in [1.82, 2.24) is 30.4 Å². The summed E-state index contributed by atoms with van der Waals surface area (Å²) in [4.78, 5) is 9.92. The minimum absolute atomic E-state index is 0.293. The van der Waals surface area contributed by atoms with Crippen molar-refractivity contribution in [2.75, 3.05) is 33.7 Å². The van der Waals surface area contributed by atoms with E-state index in [1.54, 1.807) is 12.4 Å². The standard InChI is InChI=1S/C29H30FN7/c1-37(2)16-25(31)20-9-19(10-21(30)11-20)24-14-33-15-28-22(24)13-27(34-28)29-23-12-18(3-4-26(23)35-36-29)17-5-7-32-8-6-17/h3-5,9-15,25,32,34H,6-8,16,31H2,1-2H3,(H,35,36). The van der Waals surface area contributed by atoms with Crippen molar-refractivity contribution in [2.45, 2.75) is 12.5 Å². The van der Waals surface area contributed by atoms with Crippen molar-refractivity contribution in [3.63, 3.8) is 0 Å². The summed E-state index contributed by atoms with van der Waals surface area (Å²) < 4.78 is 14.7. The minimum atomic E-state index is -0.312. The molecule has 5 N–H and O–H groups in total. The monoisotopic (exact) mass is 495 g/mol. The fourth-order valence-corrected chi connectivity index (χ4v) is 5.19. The van der Waals surface area contributed by atoms with Gasteiger partial charge in [0.05, 0.1) is 22.9 Å². The Labute approximate surface area is 214 Å². The van der Waals surface area contributed by atoms with Crippen molar-refractivity contribution >= 4 is 27.4 Å². The van der Waals surface area contributed by atoms with Gasteiger partial charge in [-0.15, -0.1) is 0 Å². The van der Waals surface area contributed by atoms with Crippen LogP contribution in [0.5, 0.6) is 0 Å². The molecule has 0 fully saturated rings. The maximum Gasteiger partial charge on any atom is 0.124 e. The molecule has 0 aliphatic carbocycles. The molecule has 8 heteroatoms. The molecule has 0 amide bonds. The van der Waals surface area contributed by atoms with Crippen molar-refractivity contribution in [2.24, 2.45) is 5.73 Å². The molecule has 0 bridgehead atoms. The van der Waals surface area contributed by atoms with Crippen LogP contribution in [-0.4, -0.2) is 58.8 Å². The van der Waals surface area contributed by atoms with Gasteiger partial charge in [0.2, 0.25) is 0 Å². The van der Waals surface area contributed by atoms with E-state index in [2.05, 4.69) is 55.8 Å². The summed E-state index contributed by atoms with van der Waals surface area (Å²) in [6.07, 6.45) is 6.83. The molecule has 1 atom stereocenters. The summed E-state index contributed by atoms with van der Waals surface area (Å²) >= 11 is 0. The number of nitrogens with one attached hydrogen (secondary N) is 3. The quantitative estimate of drug-likeness (QED) is 0.270. The van der Waals surface area contributed by atoms with Crippen LogP contribution in [-0.2, 0) is 0 Å². The number of hydrogen-bond acceptors (Lipinski definition) is 5. The summed E-state index contributed by atoms with van der Waals surface area (Å²) in [6.45, 7) is 2.51. The number of nitrogens with zero attached hydrogens (tertiary/aromatic N) is 3. The molecule has 2 aromatic carbocycles. The van der Waals surface area contributed by atoms with Crippen molar-refractivity contribution in [1.29, 1.82) is 0 Å². The summed E-state index contributed by atoms with van der Waals surface area (Å²) in [5.74, 6) is -0.312. The minimum Gasteiger partial charge on any atom is -0.352 e. The van der Waals surface area contributed by atoms with Crippen LogP contribution in [0.4, 0.5) is 4.39 Å². The van der Waals surface area contributed by atoms with E-state index in [0.717, 1.165) is 69.4 Å². The fraction of sp³-hybridized carbons (Fsp3) is 0.241. The Hall–Kier alpha value is -3.85. The molecule has 188 valence electrons. The molecular weight excluding hydrogens is 465 g/mol. The van der Waals surface area contributed by atoms with Gasteiger partial charge >= 0.3 is 0 Å². The molecular formula is C29H30FN7. The van der Waals surface area contributed by atoms with E-state index in [4.69, 9.17) is 5.73 Å². The topological polar surface area (TPSA) is 98.7 Å². The second-order valence-corrected chi connectivity index (χ2v) is 9.99. The summed E-state index contributed by atoms with van der Waals surface area (Å²) in [7, 11) is 3.91. The van der Waals surface area contributed by atoms with E-state index in [1.165, 1.54) is 23.3 Å². The van der Waals surface area contributed by atoms with Crippen LogP contribution in [0.3, 0.4) is 0 Å². The highest BCUT2D eigenvalue weighted by Crippen LogP contribution is 2.35. The van der Waals surface area contributed by atoms with Crippen molar-refractivity contribution < 1.29 is 4.39 Å². The molecule has 4 heterocycles. The molecule has 0 radical (unpaired) electrons. The third-order valence-corrected chi connectivity index (χ3v) is 7.02. The number of hydrogen-bond donors (Lipinski definition) is 4. The van der Waals surface area contributed by atoms with E-state index >= 15 is 0 Å². The van der Waals surface area contributed by atoms with Crippen LogP contribution < -0.4 is 11.1 Å². The Bertz CT molecular complexity index is 1630. The first-order chi connectivity index (χ1) is 18.0. The molecule has 1 aliphatic rings. The second kappa shape index (κ2) is 9.55. The van der Waals surface area contributed by atoms with Crippen molar-refractivity contribution in [3.05, 3.63) is 77.9 Å². The fourth-order valence-electron chi connectivity index (χ4n) is 5.19. The zero-order chi connectivity index (χ0) is 25.5. The largest absolute Gasteiger partial charge is 0.352 e. The van der Waals surface area contributed by atoms with Gasteiger partial charge in [0, 0.05) is 41.7 Å². The highest BCUT2D eigenvalue weighted by atomic mass is 19.1. The zero-order valence-corrected chi connectivity index (χ0v) is 21.0. The predicted octanol–water partition coefficient (Wildman–Crippen LogP) is 4.85. The Morgan fingerprint density at radius 1 is 1.03 bits per heavy atom. The molecule has 37 heavy (non-hydrogen) atoms. The Morgan fingerprint density at radius 3 is 2.73 bits per heavy atom. The highest BCUT2D eigenvalue weighted by Gasteiger charge is 2.17. The lowest BCUT2D eigenvalue weighted by atomic mass is 9.97. The highest BCUT2D eigenvalue weighted by molar-refractivity contribution is 6.01. The number of halogens is 1. The Balaban J connectivity index is 1.43. The summed E-state index contributed by atoms with van der Waals surface area (Å²) in [5.41, 5.74) is 14.9. The molecule has 6 rings (SSSR count). The second-order valence-electron chi connectivity index (χ2n) is 9.99. The lowest BCUT2D eigenvalue weighted by molar-refractivity contribution is 0.376. The Morgan fingerprint density at radius 2 is 1.92 bits per heavy atom. The SMILES string of the molecule is CN(C)CC(N)c1cc(F)cc(-c2cncc3[nH]c(-c4n[nH]c5ccc(C6=CCNCC6)cc45)cc23)c1. The third kappa shape index (κ3) is 4.55. The molecule has 5 aromatic rings. The van der Waals surface area contributed by atoms with E-state index < -0.39 is 0 Å². The van der Waals surface area contributed by atoms with Crippen molar-refractivity contribution in [3.8, 4) is 22.5 Å².